The summed E-state index contributed by atoms with van der Waals surface area (Å²) in [6, 6.07) is 18.9. The number of carbonyl (C=O) groups is 1. The summed E-state index contributed by atoms with van der Waals surface area (Å²) >= 11 is 0. The van der Waals surface area contributed by atoms with Crippen LogP contribution in [-0.2, 0) is 16.6 Å². The lowest BCUT2D eigenvalue weighted by Crippen LogP contribution is -2.42. The predicted molar refractivity (Wildman–Crippen MR) is 98.5 cm³/mol. The van der Waals surface area contributed by atoms with Gasteiger partial charge in [-0.25, -0.2) is 0 Å². The van der Waals surface area contributed by atoms with Crippen LogP contribution >= 0.6 is 12.4 Å². The smallest absolute Gasteiger partial charge is 0.230 e. The third-order valence-electron chi connectivity index (χ3n) is 5.19. The van der Waals surface area contributed by atoms with Crippen molar-refractivity contribution < 1.29 is 4.79 Å². The van der Waals surface area contributed by atoms with Gasteiger partial charge in [0.15, 0.2) is 0 Å². The third kappa shape index (κ3) is 3.06. The number of carbonyl (C=O) groups excluding carboxylic acids is 1. The van der Waals surface area contributed by atoms with Gasteiger partial charge in [-0.3, -0.25) is 4.79 Å². The van der Waals surface area contributed by atoms with Crippen molar-refractivity contribution in [3.63, 3.8) is 0 Å². The number of benzene rings is 2. The molecule has 3 nitrogen and oxygen atoms in total. The van der Waals surface area contributed by atoms with Gasteiger partial charge in [0.2, 0.25) is 5.91 Å². The van der Waals surface area contributed by atoms with Crippen LogP contribution in [0.4, 0.5) is 0 Å². The number of halogens is 1. The molecule has 1 unspecified atom stereocenters. The van der Waals surface area contributed by atoms with Gasteiger partial charge in [0.25, 0.3) is 0 Å². The molecule has 0 saturated heterocycles. The molecule has 0 radical (unpaired) electrons. The van der Waals surface area contributed by atoms with Gasteiger partial charge in [0.1, 0.15) is 0 Å². The molecular weight excluding hydrogens is 320 g/mol. The van der Waals surface area contributed by atoms with Gasteiger partial charge in [-0.05, 0) is 42.5 Å². The molecule has 0 bridgehead atoms. The van der Waals surface area contributed by atoms with Crippen molar-refractivity contribution in [1.29, 1.82) is 0 Å². The van der Waals surface area contributed by atoms with Crippen molar-refractivity contribution in [1.82, 2.24) is 10.6 Å². The van der Waals surface area contributed by atoms with Crippen molar-refractivity contribution in [2.45, 2.75) is 30.7 Å². The molecule has 2 aromatic rings. The van der Waals surface area contributed by atoms with Gasteiger partial charge in [0, 0.05) is 12.6 Å². The highest BCUT2D eigenvalue weighted by atomic mass is 35.5. The van der Waals surface area contributed by atoms with E-state index in [1.807, 2.05) is 18.2 Å². The Labute approximate surface area is 149 Å². The Morgan fingerprint density at radius 1 is 1.08 bits per heavy atom. The first-order valence-corrected chi connectivity index (χ1v) is 8.45. The summed E-state index contributed by atoms with van der Waals surface area (Å²) in [6.45, 7) is 1.63. The molecule has 0 spiro atoms. The van der Waals surface area contributed by atoms with E-state index >= 15 is 0 Å². The summed E-state index contributed by atoms with van der Waals surface area (Å²) in [5, 5.41) is 6.72. The molecule has 4 rings (SSSR count). The average molecular weight is 343 g/mol. The average Bonchev–Trinajstić information content (AvgIpc) is 3.42. The number of amides is 1. The van der Waals surface area contributed by atoms with Gasteiger partial charge >= 0.3 is 0 Å². The Hall–Kier alpha value is -1.84. The SMILES string of the molecule is Cl.O=C(NCC1NCCc2ccccc21)C1(c2ccccc2)CC1. The highest BCUT2D eigenvalue weighted by Gasteiger charge is 2.51. The van der Waals surface area contributed by atoms with E-state index in [4.69, 9.17) is 0 Å². The molecule has 4 heteroatoms. The van der Waals surface area contributed by atoms with Crippen LogP contribution in [-0.4, -0.2) is 19.0 Å². The number of fused-ring (bicyclic) bond motifs is 1. The predicted octanol–water partition coefficient (Wildman–Crippen LogP) is 3.14. The van der Waals surface area contributed by atoms with E-state index in [0.29, 0.717) is 6.54 Å². The van der Waals surface area contributed by atoms with Gasteiger partial charge in [-0.1, -0.05) is 54.6 Å². The van der Waals surface area contributed by atoms with Crippen molar-refractivity contribution in [3.8, 4) is 0 Å². The standard InChI is InChI=1S/C20H22N2O.ClH/c23-19(20(11-12-20)16-7-2-1-3-8-16)22-14-18-17-9-5-4-6-15(17)10-13-21-18;/h1-9,18,21H,10-14H2,(H,22,23);1H. The minimum absolute atomic E-state index is 0. The first-order chi connectivity index (χ1) is 11.3. The Balaban J connectivity index is 0.00000169. The van der Waals surface area contributed by atoms with Crippen molar-refractivity contribution >= 4 is 18.3 Å². The molecule has 2 aliphatic rings. The Kier molecular flexibility index (Phi) is 4.93. The van der Waals surface area contributed by atoms with E-state index in [1.54, 1.807) is 0 Å². The zero-order valence-electron chi connectivity index (χ0n) is 13.6. The van der Waals surface area contributed by atoms with E-state index in [2.05, 4.69) is 47.0 Å². The van der Waals surface area contributed by atoms with E-state index in [-0.39, 0.29) is 29.8 Å². The van der Waals surface area contributed by atoms with Crippen molar-refractivity contribution in [2.24, 2.45) is 0 Å². The highest BCUT2D eigenvalue weighted by Crippen LogP contribution is 2.48. The van der Waals surface area contributed by atoms with Gasteiger partial charge in [0.05, 0.1) is 5.41 Å². The Morgan fingerprint density at radius 3 is 2.54 bits per heavy atom. The number of hydrogen-bond acceptors (Lipinski definition) is 2. The fraction of sp³-hybridized carbons (Fsp3) is 0.350. The maximum absolute atomic E-state index is 12.7. The largest absolute Gasteiger partial charge is 0.353 e. The molecule has 0 aromatic heterocycles. The first-order valence-electron chi connectivity index (χ1n) is 8.45. The quantitative estimate of drug-likeness (QED) is 0.896. The van der Waals surface area contributed by atoms with Gasteiger partial charge in [-0.15, -0.1) is 12.4 Å². The second-order valence-corrected chi connectivity index (χ2v) is 6.61. The van der Waals surface area contributed by atoms with Gasteiger partial charge < -0.3 is 10.6 Å². The maximum Gasteiger partial charge on any atom is 0.230 e. The van der Waals surface area contributed by atoms with Crippen molar-refractivity contribution in [2.75, 3.05) is 13.1 Å². The second kappa shape index (κ2) is 6.96. The van der Waals surface area contributed by atoms with E-state index < -0.39 is 0 Å². The summed E-state index contributed by atoms with van der Waals surface area (Å²) in [6.07, 6.45) is 2.98. The molecule has 126 valence electrons. The minimum Gasteiger partial charge on any atom is -0.353 e. The van der Waals surface area contributed by atoms with Gasteiger partial charge in [-0.2, -0.15) is 0 Å². The molecule has 24 heavy (non-hydrogen) atoms. The first kappa shape index (κ1) is 17.0. The molecule has 1 heterocycles. The van der Waals surface area contributed by atoms with Crippen LogP contribution in [0.3, 0.4) is 0 Å². The topological polar surface area (TPSA) is 41.1 Å². The molecule has 1 saturated carbocycles. The summed E-state index contributed by atoms with van der Waals surface area (Å²) in [5.41, 5.74) is 3.59. The van der Waals surface area contributed by atoms with Crippen LogP contribution in [0.25, 0.3) is 0 Å². The monoisotopic (exact) mass is 342 g/mol. The molecular formula is C20H23ClN2O. The zero-order valence-corrected chi connectivity index (χ0v) is 14.4. The lowest BCUT2D eigenvalue weighted by Gasteiger charge is -2.28. The number of nitrogens with one attached hydrogen (secondary N) is 2. The molecule has 1 aliphatic heterocycles. The summed E-state index contributed by atoms with van der Waals surface area (Å²) < 4.78 is 0. The molecule has 1 amide bonds. The van der Waals surface area contributed by atoms with Crippen LogP contribution in [0.2, 0.25) is 0 Å². The van der Waals surface area contributed by atoms with E-state index in [0.717, 1.165) is 31.4 Å². The van der Waals surface area contributed by atoms with Crippen LogP contribution in [0.15, 0.2) is 54.6 Å². The van der Waals surface area contributed by atoms with Crippen molar-refractivity contribution in [3.05, 3.63) is 71.3 Å². The maximum atomic E-state index is 12.7. The van der Waals surface area contributed by atoms with Crippen LogP contribution in [0.1, 0.15) is 35.6 Å². The third-order valence-corrected chi connectivity index (χ3v) is 5.19. The lowest BCUT2D eigenvalue weighted by atomic mass is 9.93. The highest BCUT2D eigenvalue weighted by molar-refractivity contribution is 5.91. The fourth-order valence-electron chi connectivity index (χ4n) is 3.67. The Morgan fingerprint density at radius 2 is 1.79 bits per heavy atom. The van der Waals surface area contributed by atoms with E-state index in [1.165, 1.54) is 11.1 Å². The van der Waals surface area contributed by atoms with Crippen LogP contribution in [0.5, 0.6) is 0 Å². The normalized spacial score (nSPS) is 20.4. The summed E-state index contributed by atoms with van der Waals surface area (Å²) in [7, 11) is 0. The zero-order chi connectivity index (χ0) is 15.7. The number of rotatable bonds is 4. The van der Waals surface area contributed by atoms with Crippen LogP contribution in [0, 0.1) is 0 Å². The summed E-state index contributed by atoms with van der Waals surface area (Å²) in [5.74, 6) is 0.175. The van der Waals surface area contributed by atoms with Crippen LogP contribution < -0.4 is 10.6 Å². The summed E-state index contributed by atoms with van der Waals surface area (Å²) in [4.78, 5) is 12.7. The van der Waals surface area contributed by atoms with E-state index in [9.17, 15) is 4.79 Å². The molecule has 1 atom stereocenters. The molecule has 1 aliphatic carbocycles. The molecule has 1 fully saturated rings. The minimum atomic E-state index is -0.282. The number of hydrogen-bond donors (Lipinski definition) is 2. The second-order valence-electron chi connectivity index (χ2n) is 6.61. The Bertz CT molecular complexity index is 713. The lowest BCUT2D eigenvalue weighted by molar-refractivity contribution is -0.123. The molecule has 2 aromatic carbocycles. The fourth-order valence-corrected chi connectivity index (χ4v) is 3.67. The molecule has 2 N–H and O–H groups in total.